The van der Waals surface area contributed by atoms with Crippen molar-refractivity contribution in [2.24, 2.45) is 5.73 Å². The highest BCUT2D eigenvalue weighted by molar-refractivity contribution is 5.49. The van der Waals surface area contributed by atoms with E-state index in [0.29, 0.717) is 5.69 Å². The lowest BCUT2D eigenvalue weighted by Gasteiger charge is -2.22. The van der Waals surface area contributed by atoms with Crippen LogP contribution in [-0.4, -0.2) is 11.7 Å². The Hall–Kier alpha value is -1.06. The highest BCUT2D eigenvalue weighted by Crippen LogP contribution is 2.21. The van der Waals surface area contributed by atoms with Crippen molar-refractivity contribution < 1.29 is 5.11 Å². The third-order valence-electron chi connectivity index (χ3n) is 2.27. The van der Waals surface area contributed by atoms with E-state index in [1.54, 1.807) is 6.92 Å². The molecule has 0 radical (unpaired) electrons. The number of hydrogen-bond acceptors (Lipinski definition) is 3. The standard InChI is InChI=1S/C10H16N2O/c1-7-3-4-8(5-9(7)11)10(2,12)6-13/h3-5,13H,6,11-12H2,1-2H3/t10-/m1/s1. The molecule has 1 aromatic carbocycles. The van der Waals surface area contributed by atoms with Crippen LogP contribution >= 0.6 is 0 Å². The molecule has 0 aromatic heterocycles. The van der Waals surface area contributed by atoms with Gasteiger partial charge in [-0.25, -0.2) is 0 Å². The van der Waals surface area contributed by atoms with Crippen LogP contribution in [-0.2, 0) is 5.54 Å². The third kappa shape index (κ3) is 1.99. The fourth-order valence-corrected chi connectivity index (χ4v) is 1.09. The van der Waals surface area contributed by atoms with Gasteiger partial charge in [0.15, 0.2) is 0 Å². The van der Waals surface area contributed by atoms with Gasteiger partial charge < -0.3 is 16.6 Å². The molecular weight excluding hydrogens is 164 g/mol. The number of nitrogen functional groups attached to an aromatic ring is 1. The van der Waals surface area contributed by atoms with E-state index in [-0.39, 0.29) is 6.61 Å². The number of hydrogen-bond donors (Lipinski definition) is 3. The molecule has 0 aliphatic rings. The summed E-state index contributed by atoms with van der Waals surface area (Å²) < 4.78 is 0. The molecule has 0 aliphatic heterocycles. The molecule has 0 heterocycles. The van der Waals surface area contributed by atoms with E-state index < -0.39 is 5.54 Å². The molecule has 0 unspecified atom stereocenters. The molecule has 0 aliphatic carbocycles. The molecule has 0 spiro atoms. The Kier molecular flexibility index (Phi) is 2.59. The van der Waals surface area contributed by atoms with Gasteiger partial charge in [0.1, 0.15) is 0 Å². The summed E-state index contributed by atoms with van der Waals surface area (Å²) in [6.07, 6.45) is 0. The van der Waals surface area contributed by atoms with Crippen LogP contribution in [0.25, 0.3) is 0 Å². The average molecular weight is 180 g/mol. The summed E-state index contributed by atoms with van der Waals surface area (Å²) in [4.78, 5) is 0. The normalized spacial score (nSPS) is 15.4. The molecule has 3 heteroatoms. The average Bonchev–Trinajstić information content (AvgIpc) is 2.09. The zero-order valence-corrected chi connectivity index (χ0v) is 8.04. The van der Waals surface area contributed by atoms with Gasteiger partial charge in [-0.2, -0.15) is 0 Å². The van der Waals surface area contributed by atoms with Crippen molar-refractivity contribution in [3.05, 3.63) is 29.3 Å². The molecule has 1 atom stereocenters. The van der Waals surface area contributed by atoms with Gasteiger partial charge in [-0.3, -0.25) is 0 Å². The lowest BCUT2D eigenvalue weighted by molar-refractivity contribution is 0.210. The summed E-state index contributed by atoms with van der Waals surface area (Å²) in [6.45, 7) is 3.62. The minimum Gasteiger partial charge on any atom is -0.399 e. The van der Waals surface area contributed by atoms with Crippen LogP contribution in [0, 0.1) is 6.92 Å². The molecule has 0 saturated heterocycles. The van der Waals surface area contributed by atoms with Crippen LogP contribution in [0.1, 0.15) is 18.1 Å². The maximum absolute atomic E-state index is 9.04. The largest absolute Gasteiger partial charge is 0.399 e. The topological polar surface area (TPSA) is 72.3 Å². The molecule has 13 heavy (non-hydrogen) atoms. The first-order valence-corrected chi connectivity index (χ1v) is 4.24. The Labute approximate surface area is 78.4 Å². The molecule has 72 valence electrons. The quantitative estimate of drug-likeness (QED) is 0.588. The maximum Gasteiger partial charge on any atom is 0.0650 e. The van der Waals surface area contributed by atoms with Gasteiger partial charge in [-0.05, 0) is 31.0 Å². The third-order valence-corrected chi connectivity index (χ3v) is 2.27. The number of benzene rings is 1. The van der Waals surface area contributed by atoms with Crippen LogP contribution in [0.2, 0.25) is 0 Å². The number of aliphatic hydroxyl groups excluding tert-OH is 1. The van der Waals surface area contributed by atoms with Gasteiger partial charge in [0, 0.05) is 5.69 Å². The Bertz CT molecular complexity index is 308. The van der Waals surface area contributed by atoms with Gasteiger partial charge in [0.25, 0.3) is 0 Å². The molecule has 0 saturated carbocycles. The van der Waals surface area contributed by atoms with Crippen LogP contribution in [0.15, 0.2) is 18.2 Å². The lowest BCUT2D eigenvalue weighted by Crippen LogP contribution is -2.36. The smallest absolute Gasteiger partial charge is 0.0650 e. The molecule has 1 aromatic rings. The second-order valence-corrected chi connectivity index (χ2v) is 3.65. The van der Waals surface area contributed by atoms with Crippen molar-refractivity contribution in [3.63, 3.8) is 0 Å². The van der Waals surface area contributed by atoms with Crippen molar-refractivity contribution in [3.8, 4) is 0 Å². The van der Waals surface area contributed by atoms with Gasteiger partial charge in [-0.1, -0.05) is 12.1 Å². The molecule has 0 amide bonds. The second kappa shape index (κ2) is 3.36. The van der Waals surface area contributed by atoms with E-state index in [1.165, 1.54) is 0 Å². The summed E-state index contributed by atoms with van der Waals surface area (Å²) in [5.41, 5.74) is 13.5. The van der Waals surface area contributed by atoms with Crippen LogP contribution in [0.3, 0.4) is 0 Å². The fraction of sp³-hybridized carbons (Fsp3) is 0.400. The lowest BCUT2D eigenvalue weighted by atomic mass is 9.93. The zero-order valence-electron chi connectivity index (χ0n) is 8.04. The summed E-state index contributed by atoms with van der Waals surface area (Å²) >= 11 is 0. The maximum atomic E-state index is 9.04. The minimum absolute atomic E-state index is 0.0878. The number of rotatable bonds is 2. The van der Waals surface area contributed by atoms with Crippen molar-refractivity contribution in [2.75, 3.05) is 12.3 Å². The van der Waals surface area contributed by atoms with E-state index in [2.05, 4.69) is 0 Å². The van der Waals surface area contributed by atoms with Crippen LogP contribution in [0.5, 0.6) is 0 Å². The number of aliphatic hydroxyl groups is 1. The summed E-state index contributed by atoms with van der Waals surface area (Å²) in [6, 6.07) is 5.61. The van der Waals surface area contributed by atoms with Crippen molar-refractivity contribution in [2.45, 2.75) is 19.4 Å². The Morgan fingerprint density at radius 3 is 2.54 bits per heavy atom. The van der Waals surface area contributed by atoms with E-state index in [4.69, 9.17) is 16.6 Å². The van der Waals surface area contributed by atoms with Gasteiger partial charge in [-0.15, -0.1) is 0 Å². The van der Waals surface area contributed by atoms with Crippen LogP contribution < -0.4 is 11.5 Å². The summed E-state index contributed by atoms with van der Waals surface area (Å²) in [5, 5.41) is 9.04. The van der Waals surface area contributed by atoms with E-state index in [9.17, 15) is 0 Å². The predicted molar refractivity (Wildman–Crippen MR) is 54.2 cm³/mol. The highest BCUT2D eigenvalue weighted by Gasteiger charge is 2.19. The van der Waals surface area contributed by atoms with Crippen molar-refractivity contribution >= 4 is 5.69 Å². The summed E-state index contributed by atoms with van der Waals surface area (Å²) in [5.74, 6) is 0. The second-order valence-electron chi connectivity index (χ2n) is 3.65. The molecular formula is C10H16N2O. The van der Waals surface area contributed by atoms with E-state index in [1.807, 2.05) is 25.1 Å². The van der Waals surface area contributed by atoms with Gasteiger partial charge in [0.2, 0.25) is 0 Å². The van der Waals surface area contributed by atoms with E-state index >= 15 is 0 Å². The van der Waals surface area contributed by atoms with Gasteiger partial charge in [0.05, 0.1) is 12.1 Å². The zero-order chi connectivity index (χ0) is 10.1. The minimum atomic E-state index is -0.707. The van der Waals surface area contributed by atoms with Crippen molar-refractivity contribution in [1.29, 1.82) is 0 Å². The Balaban J connectivity index is 3.10. The SMILES string of the molecule is Cc1ccc([C@](C)(N)CO)cc1N. The first kappa shape index (κ1) is 10.0. The Morgan fingerprint density at radius 1 is 1.46 bits per heavy atom. The first-order valence-electron chi connectivity index (χ1n) is 4.24. The highest BCUT2D eigenvalue weighted by atomic mass is 16.3. The molecule has 5 N–H and O–H groups in total. The number of nitrogens with two attached hydrogens (primary N) is 2. The fourth-order valence-electron chi connectivity index (χ4n) is 1.09. The summed E-state index contributed by atoms with van der Waals surface area (Å²) in [7, 11) is 0. The molecule has 1 rings (SSSR count). The van der Waals surface area contributed by atoms with Gasteiger partial charge >= 0.3 is 0 Å². The monoisotopic (exact) mass is 180 g/mol. The molecule has 3 nitrogen and oxygen atoms in total. The van der Waals surface area contributed by atoms with Crippen LogP contribution in [0.4, 0.5) is 5.69 Å². The van der Waals surface area contributed by atoms with E-state index in [0.717, 1.165) is 11.1 Å². The number of anilines is 1. The Morgan fingerprint density at radius 2 is 2.08 bits per heavy atom. The molecule has 0 bridgehead atoms. The number of aryl methyl sites for hydroxylation is 1. The predicted octanol–water partition coefficient (Wildman–Crippen LogP) is 0.743. The first-order chi connectivity index (χ1) is 5.97. The molecule has 0 fully saturated rings. The van der Waals surface area contributed by atoms with Crippen molar-refractivity contribution in [1.82, 2.24) is 0 Å².